The maximum absolute atomic E-state index is 14.5. The van der Waals surface area contributed by atoms with Gasteiger partial charge < -0.3 is 4.90 Å². The molecule has 0 amide bonds. The van der Waals surface area contributed by atoms with Gasteiger partial charge in [-0.15, -0.1) is 11.3 Å². The SMILES string of the molecule is O=S(=O)(c1c(F)c(Br)cc(F)c1Br)N1CCN(c2nc(-c3ccc(Cl)c(F)c3)cs2)CC1. The predicted octanol–water partition coefficient (Wildman–Crippen LogP) is 5.92. The molecule has 0 atom stereocenters. The molecule has 5 nitrogen and oxygen atoms in total. The minimum absolute atomic E-state index is 0.0231. The number of benzene rings is 2. The number of piperazine rings is 1. The van der Waals surface area contributed by atoms with Crippen LogP contribution in [0.3, 0.4) is 0 Å². The largest absolute Gasteiger partial charge is 0.345 e. The molecule has 1 aromatic heterocycles. The Labute approximate surface area is 208 Å². The molecule has 170 valence electrons. The molecule has 2 aromatic carbocycles. The van der Waals surface area contributed by atoms with E-state index in [0.717, 1.165) is 10.4 Å². The molecule has 3 aromatic rings. The molecule has 1 saturated heterocycles. The summed E-state index contributed by atoms with van der Waals surface area (Å²) in [5.74, 6) is -2.48. The van der Waals surface area contributed by atoms with E-state index in [1.54, 1.807) is 11.4 Å². The molecule has 0 radical (unpaired) electrons. The first-order chi connectivity index (χ1) is 15.1. The van der Waals surface area contributed by atoms with Gasteiger partial charge in [0, 0.05) is 37.1 Å². The van der Waals surface area contributed by atoms with Crippen molar-refractivity contribution in [3.8, 4) is 11.3 Å². The molecular formula is C19H13Br2ClF3N3O2S2. The van der Waals surface area contributed by atoms with Crippen molar-refractivity contribution in [2.75, 3.05) is 31.1 Å². The quantitative estimate of drug-likeness (QED) is 0.336. The minimum atomic E-state index is -4.28. The van der Waals surface area contributed by atoms with Crippen LogP contribution in [0.25, 0.3) is 11.3 Å². The van der Waals surface area contributed by atoms with Gasteiger partial charge in [-0.3, -0.25) is 0 Å². The second-order valence-electron chi connectivity index (χ2n) is 6.83. The molecule has 1 fully saturated rings. The summed E-state index contributed by atoms with van der Waals surface area (Å²) in [5, 5.41) is 2.45. The second kappa shape index (κ2) is 9.22. The Morgan fingerprint density at radius 2 is 1.72 bits per heavy atom. The van der Waals surface area contributed by atoms with Crippen LogP contribution in [0.5, 0.6) is 0 Å². The van der Waals surface area contributed by atoms with Crippen molar-refractivity contribution in [3.63, 3.8) is 0 Å². The number of thiazole rings is 1. The molecule has 0 saturated carbocycles. The second-order valence-corrected chi connectivity index (χ2v) is 11.6. The zero-order chi connectivity index (χ0) is 23.2. The lowest BCUT2D eigenvalue weighted by Gasteiger charge is -2.34. The molecule has 0 unspecified atom stereocenters. The average Bonchev–Trinajstić information content (AvgIpc) is 3.25. The van der Waals surface area contributed by atoms with Crippen LogP contribution < -0.4 is 4.90 Å². The van der Waals surface area contributed by atoms with Gasteiger partial charge in [0.15, 0.2) is 10.9 Å². The minimum Gasteiger partial charge on any atom is -0.345 e. The number of aromatic nitrogens is 1. The van der Waals surface area contributed by atoms with E-state index >= 15 is 0 Å². The van der Waals surface area contributed by atoms with Gasteiger partial charge in [-0.25, -0.2) is 26.6 Å². The summed E-state index contributed by atoms with van der Waals surface area (Å²) in [6.07, 6.45) is 0. The first-order valence-corrected chi connectivity index (χ1v) is 13.4. The molecule has 2 heterocycles. The van der Waals surface area contributed by atoms with Crippen LogP contribution in [0, 0.1) is 17.5 Å². The van der Waals surface area contributed by atoms with Gasteiger partial charge in [0.25, 0.3) is 0 Å². The number of nitrogens with zero attached hydrogens (tertiary/aromatic N) is 3. The van der Waals surface area contributed by atoms with E-state index in [0.29, 0.717) is 29.5 Å². The number of hydrogen-bond donors (Lipinski definition) is 0. The molecule has 1 aliphatic rings. The molecular weight excluding hydrogens is 619 g/mol. The van der Waals surface area contributed by atoms with Crippen LogP contribution in [0.15, 0.2) is 43.5 Å². The van der Waals surface area contributed by atoms with Gasteiger partial charge in [0.1, 0.15) is 16.5 Å². The van der Waals surface area contributed by atoms with Crippen molar-refractivity contribution in [1.29, 1.82) is 0 Å². The van der Waals surface area contributed by atoms with E-state index < -0.39 is 36.8 Å². The summed E-state index contributed by atoms with van der Waals surface area (Å²) in [5.41, 5.74) is 1.15. The maximum atomic E-state index is 14.5. The summed E-state index contributed by atoms with van der Waals surface area (Å²) < 4.78 is 68.7. The van der Waals surface area contributed by atoms with E-state index in [-0.39, 0.29) is 22.6 Å². The molecule has 4 rings (SSSR count). The Bertz CT molecular complexity index is 1270. The number of hydrogen-bond acceptors (Lipinski definition) is 5. The van der Waals surface area contributed by atoms with E-state index in [1.807, 2.05) is 4.90 Å². The normalized spacial score (nSPS) is 15.4. The fourth-order valence-electron chi connectivity index (χ4n) is 3.22. The van der Waals surface area contributed by atoms with Gasteiger partial charge in [-0.05, 0) is 50.1 Å². The molecule has 32 heavy (non-hydrogen) atoms. The number of halogens is 6. The lowest BCUT2D eigenvalue weighted by Crippen LogP contribution is -2.48. The third kappa shape index (κ3) is 4.45. The Hall–Kier alpha value is -1.18. The van der Waals surface area contributed by atoms with Gasteiger partial charge in [0.05, 0.1) is 19.7 Å². The average molecular weight is 632 g/mol. The highest BCUT2D eigenvalue weighted by Crippen LogP contribution is 2.35. The summed E-state index contributed by atoms with van der Waals surface area (Å²) in [7, 11) is -4.28. The van der Waals surface area contributed by atoms with Crippen LogP contribution in [0.1, 0.15) is 0 Å². The summed E-state index contributed by atoms with van der Waals surface area (Å²) in [4.78, 5) is 5.67. The Kier molecular flexibility index (Phi) is 6.91. The van der Waals surface area contributed by atoms with Crippen molar-refractivity contribution in [3.05, 3.63) is 61.1 Å². The third-order valence-electron chi connectivity index (χ3n) is 4.89. The molecule has 13 heteroatoms. The zero-order valence-corrected chi connectivity index (χ0v) is 21.5. The lowest BCUT2D eigenvalue weighted by atomic mass is 10.2. The van der Waals surface area contributed by atoms with Crippen LogP contribution in [0.4, 0.5) is 18.3 Å². The Morgan fingerprint density at radius 1 is 1.03 bits per heavy atom. The fourth-order valence-corrected chi connectivity index (χ4v) is 7.23. The van der Waals surface area contributed by atoms with Crippen LogP contribution in [-0.4, -0.2) is 43.9 Å². The topological polar surface area (TPSA) is 53.5 Å². The molecule has 0 bridgehead atoms. The van der Waals surface area contributed by atoms with Crippen molar-refractivity contribution in [2.45, 2.75) is 4.90 Å². The van der Waals surface area contributed by atoms with Crippen LogP contribution in [0.2, 0.25) is 5.02 Å². The highest BCUT2D eigenvalue weighted by Gasteiger charge is 2.35. The van der Waals surface area contributed by atoms with Gasteiger partial charge in [0.2, 0.25) is 10.0 Å². The molecule has 1 aliphatic heterocycles. The molecule has 0 spiro atoms. The van der Waals surface area contributed by atoms with Crippen LogP contribution in [-0.2, 0) is 10.0 Å². The Balaban J connectivity index is 1.52. The Morgan fingerprint density at radius 3 is 2.38 bits per heavy atom. The zero-order valence-electron chi connectivity index (χ0n) is 16.0. The van der Waals surface area contributed by atoms with Crippen molar-refractivity contribution >= 4 is 70.0 Å². The van der Waals surface area contributed by atoms with E-state index in [2.05, 4.69) is 36.8 Å². The van der Waals surface area contributed by atoms with E-state index in [9.17, 15) is 21.6 Å². The number of anilines is 1. The van der Waals surface area contributed by atoms with Gasteiger partial charge in [-0.1, -0.05) is 17.7 Å². The highest BCUT2D eigenvalue weighted by atomic mass is 79.9. The van der Waals surface area contributed by atoms with Gasteiger partial charge >= 0.3 is 0 Å². The first-order valence-electron chi connectivity index (χ1n) is 9.08. The predicted molar refractivity (Wildman–Crippen MR) is 125 cm³/mol. The maximum Gasteiger partial charge on any atom is 0.247 e. The lowest BCUT2D eigenvalue weighted by molar-refractivity contribution is 0.381. The number of rotatable bonds is 4. The van der Waals surface area contributed by atoms with E-state index in [4.69, 9.17) is 11.6 Å². The summed E-state index contributed by atoms with van der Waals surface area (Å²) >= 11 is 12.8. The smallest absolute Gasteiger partial charge is 0.247 e. The monoisotopic (exact) mass is 629 g/mol. The van der Waals surface area contributed by atoms with Crippen molar-refractivity contribution in [2.24, 2.45) is 0 Å². The summed E-state index contributed by atoms with van der Waals surface area (Å²) in [6.45, 7) is 0.730. The van der Waals surface area contributed by atoms with Gasteiger partial charge in [-0.2, -0.15) is 4.31 Å². The third-order valence-corrected chi connectivity index (χ3v) is 9.65. The summed E-state index contributed by atoms with van der Waals surface area (Å²) in [6, 6.07) is 5.29. The number of sulfonamides is 1. The van der Waals surface area contributed by atoms with Crippen molar-refractivity contribution < 1.29 is 21.6 Å². The fraction of sp³-hybridized carbons (Fsp3) is 0.211. The standard InChI is InChI=1S/C19H13Br2ClF3N3O2S2/c20-11-8-14(24)16(21)18(17(11)25)32(29,30)28-5-3-27(4-6-28)19-26-15(9-31-19)10-1-2-12(22)13(23)7-10/h1-2,7-9H,3-6H2. The highest BCUT2D eigenvalue weighted by molar-refractivity contribution is 9.11. The molecule has 0 N–H and O–H groups in total. The molecule has 0 aliphatic carbocycles. The van der Waals surface area contributed by atoms with Crippen molar-refractivity contribution in [1.82, 2.24) is 9.29 Å². The van der Waals surface area contributed by atoms with Crippen LogP contribution >= 0.6 is 54.8 Å². The van der Waals surface area contributed by atoms with E-state index in [1.165, 1.54) is 23.5 Å². The first kappa shape index (κ1) is 24.0.